The number of amides is 1. The van der Waals surface area contributed by atoms with Crippen LogP contribution in [-0.2, 0) is 4.79 Å². The van der Waals surface area contributed by atoms with Crippen LogP contribution in [0.1, 0.15) is 33.6 Å². The lowest BCUT2D eigenvalue weighted by atomic mass is 9.80. The fourth-order valence-corrected chi connectivity index (χ4v) is 1.71. The molecule has 1 heterocycles. The van der Waals surface area contributed by atoms with E-state index in [0.29, 0.717) is 12.5 Å². The first-order valence-electron chi connectivity index (χ1n) is 3.79. The van der Waals surface area contributed by atoms with Crippen LogP contribution in [0, 0.1) is 5.41 Å². The zero-order valence-corrected chi connectivity index (χ0v) is 6.90. The van der Waals surface area contributed by atoms with E-state index in [1.165, 1.54) is 0 Å². The third-order valence-electron chi connectivity index (χ3n) is 1.91. The molecule has 2 heteroatoms. The standard InChI is InChI=1S/C8H15NO/c1-6-4-8(2,3)5-7(10)9-6/h6H,4-5H2,1-3H3,(H,9,10). The van der Waals surface area contributed by atoms with Crippen molar-refractivity contribution in [2.24, 2.45) is 5.41 Å². The molecule has 1 amide bonds. The lowest BCUT2D eigenvalue weighted by Gasteiger charge is -2.33. The molecule has 1 N–H and O–H groups in total. The second kappa shape index (κ2) is 2.26. The van der Waals surface area contributed by atoms with Gasteiger partial charge in [0.2, 0.25) is 5.91 Å². The van der Waals surface area contributed by atoms with Gasteiger partial charge in [-0.05, 0) is 18.8 Å². The van der Waals surface area contributed by atoms with E-state index >= 15 is 0 Å². The molecule has 1 aliphatic rings. The largest absolute Gasteiger partial charge is 0.354 e. The molecule has 0 aromatic carbocycles. The van der Waals surface area contributed by atoms with E-state index in [1.807, 2.05) is 0 Å². The maximum Gasteiger partial charge on any atom is 0.220 e. The van der Waals surface area contributed by atoms with Crippen molar-refractivity contribution < 1.29 is 4.79 Å². The molecule has 0 bridgehead atoms. The Bertz CT molecular complexity index is 151. The van der Waals surface area contributed by atoms with Gasteiger partial charge < -0.3 is 5.32 Å². The Labute approximate surface area is 62.0 Å². The van der Waals surface area contributed by atoms with Crippen molar-refractivity contribution in [2.45, 2.75) is 39.7 Å². The van der Waals surface area contributed by atoms with E-state index < -0.39 is 0 Å². The smallest absolute Gasteiger partial charge is 0.220 e. The zero-order chi connectivity index (χ0) is 7.78. The van der Waals surface area contributed by atoms with Gasteiger partial charge in [-0.15, -0.1) is 0 Å². The van der Waals surface area contributed by atoms with E-state index in [9.17, 15) is 4.79 Å². The number of carbonyl (C=O) groups excluding carboxylic acids is 1. The summed E-state index contributed by atoms with van der Waals surface area (Å²) in [5.74, 6) is 0.198. The van der Waals surface area contributed by atoms with E-state index in [1.54, 1.807) is 0 Å². The number of hydrogen-bond donors (Lipinski definition) is 1. The van der Waals surface area contributed by atoms with Crippen molar-refractivity contribution in [1.82, 2.24) is 5.32 Å². The summed E-state index contributed by atoms with van der Waals surface area (Å²) in [6, 6.07) is 0.358. The summed E-state index contributed by atoms with van der Waals surface area (Å²) in [4.78, 5) is 11.0. The Morgan fingerprint density at radius 1 is 1.60 bits per heavy atom. The van der Waals surface area contributed by atoms with Gasteiger partial charge in [-0.2, -0.15) is 0 Å². The van der Waals surface area contributed by atoms with Crippen LogP contribution in [-0.4, -0.2) is 11.9 Å². The third-order valence-corrected chi connectivity index (χ3v) is 1.91. The predicted octanol–water partition coefficient (Wildman–Crippen LogP) is 1.31. The molecular formula is C8H15NO. The van der Waals surface area contributed by atoms with Crippen LogP contribution in [0.4, 0.5) is 0 Å². The Morgan fingerprint density at radius 2 is 2.20 bits per heavy atom. The van der Waals surface area contributed by atoms with E-state index in [2.05, 4.69) is 26.1 Å². The second-order valence-electron chi connectivity index (χ2n) is 4.01. The number of rotatable bonds is 0. The molecule has 0 saturated carbocycles. The summed E-state index contributed by atoms with van der Waals surface area (Å²) in [6.45, 7) is 6.34. The lowest BCUT2D eigenvalue weighted by molar-refractivity contribution is -0.126. The molecule has 1 aliphatic heterocycles. The first kappa shape index (κ1) is 7.58. The van der Waals surface area contributed by atoms with Crippen molar-refractivity contribution in [3.05, 3.63) is 0 Å². The van der Waals surface area contributed by atoms with Gasteiger partial charge in [0.1, 0.15) is 0 Å². The molecule has 1 saturated heterocycles. The number of carbonyl (C=O) groups is 1. The topological polar surface area (TPSA) is 29.1 Å². The van der Waals surface area contributed by atoms with E-state index in [0.717, 1.165) is 6.42 Å². The molecule has 10 heavy (non-hydrogen) atoms. The quantitative estimate of drug-likeness (QED) is 0.541. The highest BCUT2D eigenvalue weighted by atomic mass is 16.1. The summed E-state index contributed by atoms with van der Waals surface area (Å²) >= 11 is 0. The average molecular weight is 141 g/mol. The second-order valence-corrected chi connectivity index (χ2v) is 4.01. The van der Waals surface area contributed by atoms with Gasteiger partial charge in [-0.1, -0.05) is 13.8 Å². The molecule has 0 aliphatic carbocycles. The van der Waals surface area contributed by atoms with Crippen LogP contribution in [0.25, 0.3) is 0 Å². The number of piperidine rings is 1. The Morgan fingerprint density at radius 3 is 2.60 bits per heavy atom. The fraction of sp³-hybridized carbons (Fsp3) is 0.875. The van der Waals surface area contributed by atoms with Crippen LogP contribution >= 0.6 is 0 Å². The van der Waals surface area contributed by atoms with Gasteiger partial charge in [-0.3, -0.25) is 4.79 Å². The summed E-state index contributed by atoms with van der Waals surface area (Å²) in [5.41, 5.74) is 0.210. The molecule has 2 nitrogen and oxygen atoms in total. The normalized spacial score (nSPS) is 31.5. The number of nitrogens with one attached hydrogen (secondary N) is 1. The Hall–Kier alpha value is -0.530. The zero-order valence-electron chi connectivity index (χ0n) is 6.90. The van der Waals surface area contributed by atoms with Crippen LogP contribution in [0.15, 0.2) is 0 Å². The highest BCUT2D eigenvalue weighted by Crippen LogP contribution is 2.29. The molecule has 0 aromatic rings. The van der Waals surface area contributed by atoms with Crippen LogP contribution in [0.5, 0.6) is 0 Å². The maximum atomic E-state index is 11.0. The molecular weight excluding hydrogens is 126 g/mol. The molecule has 1 rings (SSSR count). The van der Waals surface area contributed by atoms with Gasteiger partial charge >= 0.3 is 0 Å². The number of hydrogen-bond acceptors (Lipinski definition) is 1. The molecule has 1 atom stereocenters. The molecule has 58 valence electrons. The van der Waals surface area contributed by atoms with E-state index in [4.69, 9.17) is 0 Å². The molecule has 1 unspecified atom stereocenters. The third kappa shape index (κ3) is 1.72. The lowest BCUT2D eigenvalue weighted by Crippen LogP contribution is -2.43. The van der Waals surface area contributed by atoms with Gasteiger partial charge in [0, 0.05) is 12.5 Å². The summed E-state index contributed by atoms with van der Waals surface area (Å²) < 4.78 is 0. The van der Waals surface area contributed by atoms with Gasteiger partial charge in [0.05, 0.1) is 0 Å². The summed E-state index contributed by atoms with van der Waals surface area (Å²) in [7, 11) is 0. The van der Waals surface area contributed by atoms with Crippen molar-refractivity contribution in [2.75, 3.05) is 0 Å². The van der Waals surface area contributed by atoms with Gasteiger partial charge in [0.25, 0.3) is 0 Å². The van der Waals surface area contributed by atoms with Gasteiger partial charge in [-0.25, -0.2) is 0 Å². The van der Waals surface area contributed by atoms with Crippen LogP contribution in [0.3, 0.4) is 0 Å². The Kier molecular flexibility index (Phi) is 1.71. The first-order valence-corrected chi connectivity index (χ1v) is 3.79. The predicted molar refractivity (Wildman–Crippen MR) is 40.6 cm³/mol. The maximum absolute atomic E-state index is 11.0. The average Bonchev–Trinajstić information content (AvgIpc) is 1.54. The van der Waals surface area contributed by atoms with Crippen molar-refractivity contribution >= 4 is 5.91 Å². The van der Waals surface area contributed by atoms with Crippen molar-refractivity contribution in [3.63, 3.8) is 0 Å². The fourth-order valence-electron chi connectivity index (χ4n) is 1.71. The van der Waals surface area contributed by atoms with Crippen molar-refractivity contribution in [3.8, 4) is 0 Å². The first-order chi connectivity index (χ1) is 4.49. The minimum atomic E-state index is 0.198. The van der Waals surface area contributed by atoms with E-state index in [-0.39, 0.29) is 11.3 Å². The minimum absolute atomic E-state index is 0.198. The molecule has 0 radical (unpaired) electrons. The molecule has 0 aromatic heterocycles. The summed E-state index contributed by atoms with van der Waals surface area (Å²) in [5, 5.41) is 2.90. The SMILES string of the molecule is CC1CC(C)(C)CC(=O)N1. The minimum Gasteiger partial charge on any atom is -0.354 e. The van der Waals surface area contributed by atoms with Crippen molar-refractivity contribution in [1.29, 1.82) is 0 Å². The monoisotopic (exact) mass is 141 g/mol. The van der Waals surface area contributed by atoms with Gasteiger partial charge in [0.15, 0.2) is 0 Å². The molecule has 1 fully saturated rings. The van der Waals surface area contributed by atoms with Crippen LogP contribution in [0.2, 0.25) is 0 Å². The summed E-state index contributed by atoms with van der Waals surface area (Å²) in [6.07, 6.45) is 1.77. The molecule has 0 spiro atoms. The highest BCUT2D eigenvalue weighted by molar-refractivity contribution is 5.77. The highest BCUT2D eigenvalue weighted by Gasteiger charge is 2.29. The Balaban J connectivity index is 2.59. The van der Waals surface area contributed by atoms with Crippen LogP contribution < -0.4 is 5.32 Å².